The molecule has 2 heterocycles. The first-order valence-corrected chi connectivity index (χ1v) is 9.35. The fraction of sp³-hybridized carbons (Fsp3) is 0.200. The monoisotopic (exact) mass is 409 g/mol. The molecule has 9 nitrogen and oxygen atoms in total. The number of anilines is 4. The Morgan fingerprint density at radius 2 is 1.67 bits per heavy atom. The van der Waals surface area contributed by atoms with Crippen LogP contribution in [0.2, 0.25) is 0 Å². The number of rotatable bonds is 6. The Kier molecular flexibility index (Phi) is 5.95. The van der Waals surface area contributed by atoms with Crippen molar-refractivity contribution in [2.75, 3.05) is 41.9 Å². The highest BCUT2D eigenvalue weighted by Gasteiger charge is 2.16. The summed E-state index contributed by atoms with van der Waals surface area (Å²) in [5.74, 6) is 0.909. The van der Waals surface area contributed by atoms with Gasteiger partial charge in [-0.3, -0.25) is 0 Å². The maximum Gasteiger partial charge on any atom is 0.250 e. The van der Waals surface area contributed by atoms with E-state index < -0.39 is 0 Å². The van der Waals surface area contributed by atoms with Crippen molar-refractivity contribution in [1.29, 1.82) is 0 Å². The quantitative estimate of drug-likeness (QED) is 0.421. The van der Waals surface area contributed by atoms with Crippen molar-refractivity contribution >= 4 is 29.7 Å². The SMILES string of the molecule is Oc1ccc(/C=N\Nc2nc(Nc3ccc(F)cc3)nc(N3CCOCC3)n2)cc1. The number of phenolic OH excluding ortho intramolecular Hbond substituents is 1. The van der Waals surface area contributed by atoms with Gasteiger partial charge in [0.1, 0.15) is 11.6 Å². The van der Waals surface area contributed by atoms with Crippen LogP contribution in [0.25, 0.3) is 0 Å². The number of hydrazone groups is 1. The Morgan fingerprint density at radius 1 is 0.967 bits per heavy atom. The minimum absolute atomic E-state index is 0.184. The van der Waals surface area contributed by atoms with Gasteiger partial charge in [-0.05, 0) is 54.1 Å². The molecule has 1 aliphatic rings. The fourth-order valence-electron chi connectivity index (χ4n) is 2.76. The Hall–Kier alpha value is -3.79. The fourth-order valence-corrected chi connectivity index (χ4v) is 2.76. The third-order valence-corrected chi connectivity index (χ3v) is 4.29. The molecule has 2 aromatic carbocycles. The van der Waals surface area contributed by atoms with E-state index >= 15 is 0 Å². The average Bonchev–Trinajstić information content (AvgIpc) is 2.77. The van der Waals surface area contributed by atoms with Gasteiger partial charge in [0.2, 0.25) is 17.8 Å². The second kappa shape index (κ2) is 9.14. The molecular weight excluding hydrogens is 389 g/mol. The van der Waals surface area contributed by atoms with E-state index in [-0.39, 0.29) is 17.5 Å². The maximum atomic E-state index is 13.2. The lowest BCUT2D eigenvalue weighted by molar-refractivity contribution is 0.122. The van der Waals surface area contributed by atoms with Gasteiger partial charge in [0, 0.05) is 18.8 Å². The van der Waals surface area contributed by atoms with Crippen LogP contribution in [0.15, 0.2) is 53.6 Å². The molecule has 0 bridgehead atoms. The van der Waals surface area contributed by atoms with Crippen molar-refractivity contribution < 1.29 is 14.2 Å². The zero-order valence-corrected chi connectivity index (χ0v) is 16.0. The van der Waals surface area contributed by atoms with Crippen LogP contribution in [0.3, 0.4) is 0 Å². The molecule has 1 saturated heterocycles. The first-order chi connectivity index (χ1) is 14.7. The zero-order valence-electron chi connectivity index (χ0n) is 16.0. The van der Waals surface area contributed by atoms with Gasteiger partial charge in [-0.1, -0.05) is 0 Å². The van der Waals surface area contributed by atoms with Gasteiger partial charge in [-0.15, -0.1) is 0 Å². The predicted molar refractivity (Wildman–Crippen MR) is 112 cm³/mol. The second-order valence-electron chi connectivity index (χ2n) is 6.48. The topological polar surface area (TPSA) is 108 Å². The maximum absolute atomic E-state index is 13.2. The average molecular weight is 409 g/mol. The van der Waals surface area contributed by atoms with Crippen molar-refractivity contribution in [1.82, 2.24) is 15.0 Å². The number of phenols is 1. The normalized spacial score (nSPS) is 14.1. The van der Waals surface area contributed by atoms with Gasteiger partial charge in [0.25, 0.3) is 0 Å². The van der Waals surface area contributed by atoms with Crippen molar-refractivity contribution in [3.05, 3.63) is 59.9 Å². The summed E-state index contributed by atoms with van der Waals surface area (Å²) in [5.41, 5.74) is 4.26. The van der Waals surface area contributed by atoms with Crippen LogP contribution < -0.4 is 15.6 Å². The Labute approximate surface area is 172 Å². The van der Waals surface area contributed by atoms with E-state index in [0.717, 1.165) is 5.56 Å². The Bertz CT molecular complexity index is 1010. The van der Waals surface area contributed by atoms with Gasteiger partial charge in [-0.25, -0.2) is 9.82 Å². The second-order valence-corrected chi connectivity index (χ2v) is 6.48. The van der Waals surface area contributed by atoms with Crippen LogP contribution in [-0.2, 0) is 4.74 Å². The van der Waals surface area contributed by atoms with E-state index in [0.29, 0.717) is 43.9 Å². The van der Waals surface area contributed by atoms with Crippen LogP contribution >= 0.6 is 0 Å². The molecule has 0 amide bonds. The Morgan fingerprint density at radius 3 is 2.40 bits per heavy atom. The number of nitrogens with one attached hydrogen (secondary N) is 2. The summed E-state index contributed by atoms with van der Waals surface area (Å²) in [5, 5.41) is 16.6. The van der Waals surface area contributed by atoms with Gasteiger partial charge in [0.05, 0.1) is 19.4 Å². The van der Waals surface area contributed by atoms with E-state index in [9.17, 15) is 9.50 Å². The molecule has 0 aliphatic carbocycles. The van der Waals surface area contributed by atoms with Gasteiger partial charge >= 0.3 is 0 Å². The number of nitrogens with zero attached hydrogens (tertiary/aromatic N) is 5. The van der Waals surface area contributed by atoms with Crippen LogP contribution in [0.1, 0.15) is 5.56 Å². The molecule has 0 atom stereocenters. The summed E-state index contributed by atoms with van der Waals surface area (Å²) in [7, 11) is 0. The molecule has 0 spiro atoms. The predicted octanol–water partition coefficient (Wildman–Crippen LogP) is 2.74. The number of aromatic hydroxyl groups is 1. The summed E-state index contributed by atoms with van der Waals surface area (Å²) in [6, 6.07) is 12.5. The smallest absolute Gasteiger partial charge is 0.250 e. The molecule has 154 valence electrons. The number of ether oxygens (including phenoxy) is 1. The molecule has 0 radical (unpaired) electrons. The lowest BCUT2D eigenvalue weighted by atomic mass is 10.2. The molecule has 30 heavy (non-hydrogen) atoms. The van der Waals surface area contributed by atoms with Crippen LogP contribution in [0, 0.1) is 5.82 Å². The zero-order chi connectivity index (χ0) is 20.8. The first-order valence-electron chi connectivity index (χ1n) is 9.35. The van der Waals surface area contributed by atoms with E-state index in [4.69, 9.17) is 4.74 Å². The minimum atomic E-state index is -0.323. The number of halogens is 1. The molecule has 10 heteroatoms. The number of aromatic nitrogens is 3. The number of hydrogen-bond donors (Lipinski definition) is 3. The molecule has 3 aromatic rings. The van der Waals surface area contributed by atoms with Crippen molar-refractivity contribution in [3.8, 4) is 5.75 Å². The van der Waals surface area contributed by atoms with Crippen LogP contribution in [-0.4, -0.2) is 52.6 Å². The highest BCUT2D eigenvalue weighted by atomic mass is 19.1. The molecular formula is C20H20FN7O2. The summed E-state index contributed by atoms with van der Waals surface area (Å²) >= 11 is 0. The summed E-state index contributed by atoms with van der Waals surface area (Å²) in [6.07, 6.45) is 1.59. The Balaban J connectivity index is 1.55. The van der Waals surface area contributed by atoms with E-state index in [1.807, 2.05) is 4.90 Å². The lowest BCUT2D eigenvalue weighted by Crippen LogP contribution is -2.37. The molecule has 1 fully saturated rings. The van der Waals surface area contributed by atoms with Crippen molar-refractivity contribution in [2.24, 2.45) is 5.10 Å². The molecule has 1 aromatic heterocycles. The third kappa shape index (κ3) is 5.17. The first kappa shape index (κ1) is 19.5. The number of hydrogen-bond acceptors (Lipinski definition) is 9. The number of morpholine rings is 1. The van der Waals surface area contributed by atoms with Gasteiger partial charge in [0.15, 0.2) is 0 Å². The van der Waals surface area contributed by atoms with Crippen molar-refractivity contribution in [2.45, 2.75) is 0 Å². The summed E-state index contributed by atoms with van der Waals surface area (Å²) in [4.78, 5) is 15.3. The molecule has 3 N–H and O–H groups in total. The van der Waals surface area contributed by atoms with Crippen LogP contribution in [0.4, 0.5) is 27.9 Å². The molecule has 1 aliphatic heterocycles. The van der Waals surface area contributed by atoms with E-state index in [1.165, 1.54) is 12.1 Å². The highest BCUT2D eigenvalue weighted by molar-refractivity contribution is 5.80. The molecule has 4 rings (SSSR count). The standard InChI is InChI=1S/C20H20FN7O2/c21-15-3-5-16(6-4-15)23-18-24-19(26-20(25-18)28-9-11-30-12-10-28)27-22-13-14-1-7-17(29)8-2-14/h1-8,13,29H,9-12H2,(H2,23,24,25,26,27)/b22-13-. The van der Waals surface area contributed by atoms with Gasteiger partial charge < -0.3 is 20.1 Å². The molecule has 0 unspecified atom stereocenters. The largest absolute Gasteiger partial charge is 0.508 e. The summed E-state index contributed by atoms with van der Waals surface area (Å²) in [6.45, 7) is 2.51. The minimum Gasteiger partial charge on any atom is -0.508 e. The molecule has 0 saturated carbocycles. The number of benzene rings is 2. The van der Waals surface area contributed by atoms with E-state index in [2.05, 4.69) is 30.8 Å². The van der Waals surface area contributed by atoms with Crippen molar-refractivity contribution in [3.63, 3.8) is 0 Å². The van der Waals surface area contributed by atoms with Gasteiger partial charge in [-0.2, -0.15) is 20.1 Å². The third-order valence-electron chi connectivity index (χ3n) is 4.29. The van der Waals surface area contributed by atoms with E-state index in [1.54, 1.807) is 42.6 Å². The highest BCUT2D eigenvalue weighted by Crippen LogP contribution is 2.19. The van der Waals surface area contributed by atoms with Crippen LogP contribution in [0.5, 0.6) is 5.75 Å². The lowest BCUT2D eigenvalue weighted by Gasteiger charge is -2.27. The summed E-state index contributed by atoms with van der Waals surface area (Å²) < 4.78 is 18.6.